The first-order valence-corrected chi connectivity index (χ1v) is 16.5. The maximum absolute atomic E-state index is 6.61. The molecule has 0 aliphatic heterocycles. The highest BCUT2D eigenvalue weighted by atomic mass is 16.3. The summed E-state index contributed by atoms with van der Waals surface area (Å²) in [6.07, 6.45) is 0. The Morgan fingerprint density at radius 2 is 0.959 bits per heavy atom. The van der Waals surface area contributed by atoms with Gasteiger partial charge in [0.15, 0.2) is 17.5 Å². The monoisotopic (exact) mass is 625 g/mol. The summed E-state index contributed by atoms with van der Waals surface area (Å²) >= 11 is 0. The van der Waals surface area contributed by atoms with Crippen molar-refractivity contribution in [3.05, 3.63) is 164 Å². The van der Waals surface area contributed by atoms with Crippen molar-refractivity contribution in [2.24, 2.45) is 0 Å². The Bertz CT molecular complexity index is 2880. The van der Waals surface area contributed by atoms with E-state index in [9.17, 15) is 0 Å². The number of hydrogen-bond acceptors (Lipinski definition) is 4. The van der Waals surface area contributed by atoms with Gasteiger partial charge in [0.25, 0.3) is 0 Å². The van der Waals surface area contributed by atoms with Crippen molar-refractivity contribution in [1.82, 2.24) is 15.0 Å². The zero-order valence-corrected chi connectivity index (χ0v) is 26.3. The standard InChI is InChI=1S/C45H27N3O/c1-3-13-28(14-4-1)34-21-11-22-36-41-37(23-12-24-39(41)49-42(34)36)44-46-43(30-16-5-2-6-17-30)47-45(48-44)38-27-31-18-8-9-19-32(31)35-26-25-29-15-7-10-20-33(29)40(35)38/h1-27H. The lowest BCUT2D eigenvalue weighted by molar-refractivity contribution is 0.670. The molecule has 0 radical (unpaired) electrons. The molecule has 49 heavy (non-hydrogen) atoms. The second-order valence-electron chi connectivity index (χ2n) is 12.4. The second-order valence-corrected chi connectivity index (χ2v) is 12.4. The molecule has 0 fully saturated rings. The van der Waals surface area contributed by atoms with Gasteiger partial charge < -0.3 is 4.42 Å². The van der Waals surface area contributed by atoms with Gasteiger partial charge in [-0.1, -0.05) is 152 Å². The van der Waals surface area contributed by atoms with E-state index in [1.165, 1.54) is 21.5 Å². The number of rotatable bonds is 4. The van der Waals surface area contributed by atoms with Crippen LogP contribution in [-0.4, -0.2) is 15.0 Å². The van der Waals surface area contributed by atoms with Crippen LogP contribution >= 0.6 is 0 Å². The second kappa shape index (κ2) is 11.0. The van der Waals surface area contributed by atoms with Crippen molar-refractivity contribution in [3.8, 4) is 45.3 Å². The molecule has 0 unspecified atom stereocenters. The third-order valence-corrected chi connectivity index (χ3v) is 9.51. The third kappa shape index (κ3) is 4.42. The predicted octanol–water partition coefficient (Wildman–Crippen LogP) is 11.9. The lowest BCUT2D eigenvalue weighted by Gasteiger charge is -2.14. The van der Waals surface area contributed by atoms with Crippen molar-refractivity contribution < 1.29 is 4.42 Å². The summed E-state index contributed by atoms with van der Waals surface area (Å²) in [6.45, 7) is 0. The van der Waals surface area contributed by atoms with Crippen LogP contribution in [0.5, 0.6) is 0 Å². The maximum Gasteiger partial charge on any atom is 0.164 e. The first-order chi connectivity index (χ1) is 24.3. The number of furan rings is 1. The fourth-order valence-electron chi connectivity index (χ4n) is 7.27. The average molecular weight is 626 g/mol. The summed E-state index contributed by atoms with van der Waals surface area (Å²) in [4.78, 5) is 15.7. The molecule has 0 saturated heterocycles. The Kier molecular flexibility index (Phi) is 6.15. The fourth-order valence-corrected chi connectivity index (χ4v) is 7.27. The molecule has 2 aromatic heterocycles. The molecule has 8 aromatic carbocycles. The molecule has 0 aliphatic rings. The van der Waals surface area contributed by atoms with E-state index < -0.39 is 0 Å². The maximum atomic E-state index is 6.61. The van der Waals surface area contributed by atoms with Crippen LogP contribution in [0.2, 0.25) is 0 Å². The molecule has 0 N–H and O–H groups in total. The highest BCUT2D eigenvalue weighted by Gasteiger charge is 2.21. The van der Waals surface area contributed by atoms with E-state index in [0.29, 0.717) is 17.5 Å². The molecule has 10 aromatic rings. The Morgan fingerprint density at radius 3 is 1.78 bits per heavy atom. The molecule has 228 valence electrons. The van der Waals surface area contributed by atoms with Crippen LogP contribution in [-0.2, 0) is 0 Å². The topological polar surface area (TPSA) is 51.8 Å². The van der Waals surface area contributed by atoms with Crippen LogP contribution in [0.15, 0.2) is 168 Å². The van der Waals surface area contributed by atoms with Crippen molar-refractivity contribution in [2.45, 2.75) is 0 Å². The molecule has 10 rings (SSSR count). The molecule has 0 atom stereocenters. The van der Waals surface area contributed by atoms with Gasteiger partial charge in [0.05, 0.1) is 0 Å². The van der Waals surface area contributed by atoms with Gasteiger partial charge in [-0.2, -0.15) is 0 Å². The van der Waals surface area contributed by atoms with E-state index in [1.807, 2.05) is 36.4 Å². The molecule has 0 saturated carbocycles. The number of fused-ring (bicyclic) bond motifs is 8. The lowest BCUT2D eigenvalue weighted by atomic mass is 9.92. The highest BCUT2D eigenvalue weighted by molar-refractivity contribution is 6.22. The molecule has 0 aliphatic carbocycles. The van der Waals surface area contributed by atoms with Crippen LogP contribution in [0.3, 0.4) is 0 Å². The SMILES string of the molecule is c1ccc(-c2nc(-c3cccc4oc5c(-c6ccccc6)cccc5c34)nc(-c3cc4ccccc4c4ccc5ccccc5c34)n2)cc1. The van der Waals surface area contributed by atoms with Crippen molar-refractivity contribution in [1.29, 1.82) is 0 Å². The average Bonchev–Trinajstić information content (AvgIpc) is 3.57. The Morgan fingerprint density at radius 1 is 0.347 bits per heavy atom. The zero-order valence-electron chi connectivity index (χ0n) is 26.3. The molecule has 4 heteroatoms. The van der Waals surface area contributed by atoms with Crippen molar-refractivity contribution in [2.75, 3.05) is 0 Å². The molecule has 0 bridgehead atoms. The summed E-state index contributed by atoms with van der Waals surface area (Å²) in [5.41, 5.74) is 6.60. The van der Waals surface area contributed by atoms with Crippen LogP contribution < -0.4 is 0 Å². The van der Waals surface area contributed by atoms with E-state index in [4.69, 9.17) is 19.4 Å². The molecule has 0 amide bonds. The minimum Gasteiger partial charge on any atom is -0.455 e. The summed E-state index contributed by atoms with van der Waals surface area (Å²) in [5.74, 6) is 1.85. The Balaban J connectivity index is 1.30. The molecule has 0 spiro atoms. The minimum atomic E-state index is 0.601. The van der Waals surface area contributed by atoms with Gasteiger partial charge in [0.1, 0.15) is 11.2 Å². The van der Waals surface area contributed by atoms with Gasteiger partial charge in [0.2, 0.25) is 0 Å². The van der Waals surface area contributed by atoms with E-state index in [1.54, 1.807) is 0 Å². The number of nitrogens with zero attached hydrogens (tertiary/aromatic N) is 3. The number of hydrogen-bond donors (Lipinski definition) is 0. The van der Waals surface area contributed by atoms with Gasteiger partial charge in [0, 0.05) is 38.4 Å². The Labute approximate surface area is 282 Å². The Hall–Kier alpha value is -6.65. The van der Waals surface area contributed by atoms with Gasteiger partial charge in [-0.25, -0.2) is 15.0 Å². The minimum absolute atomic E-state index is 0.601. The van der Waals surface area contributed by atoms with E-state index in [-0.39, 0.29) is 0 Å². The van der Waals surface area contributed by atoms with Crippen LogP contribution in [0.4, 0.5) is 0 Å². The van der Waals surface area contributed by atoms with E-state index >= 15 is 0 Å². The largest absolute Gasteiger partial charge is 0.455 e. The van der Waals surface area contributed by atoms with E-state index in [0.717, 1.165) is 60.5 Å². The third-order valence-electron chi connectivity index (χ3n) is 9.51. The molecular weight excluding hydrogens is 599 g/mol. The fraction of sp³-hybridized carbons (Fsp3) is 0. The van der Waals surface area contributed by atoms with Crippen LogP contribution in [0.25, 0.3) is 99.5 Å². The van der Waals surface area contributed by atoms with Crippen LogP contribution in [0, 0.1) is 0 Å². The highest BCUT2D eigenvalue weighted by Crippen LogP contribution is 2.42. The first kappa shape index (κ1) is 27.5. The summed E-state index contributed by atoms with van der Waals surface area (Å²) < 4.78 is 6.61. The number of para-hydroxylation sites is 1. The molecular formula is C45H27N3O. The predicted molar refractivity (Wildman–Crippen MR) is 201 cm³/mol. The van der Waals surface area contributed by atoms with Gasteiger partial charge >= 0.3 is 0 Å². The normalized spacial score (nSPS) is 11.7. The quantitative estimate of drug-likeness (QED) is 0.183. The van der Waals surface area contributed by atoms with Gasteiger partial charge in [-0.3, -0.25) is 0 Å². The van der Waals surface area contributed by atoms with Gasteiger partial charge in [-0.15, -0.1) is 0 Å². The zero-order chi connectivity index (χ0) is 32.3. The van der Waals surface area contributed by atoms with Gasteiger partial charge in [-0.05, 0) is 44.6 Å². The lowest BCUT2D eigenvalue weighted by Crippen LogP contribution is -2.01. The smallest absolute Gasteiger partial charge is 0.164 e. The molecule has 2 heterocycles. The van der Waals surface area contributed by atoms with Crippen molar-refractivity contribution in [3.63, 3.8) is 0 Å². The summed E-state index contributed by atoms with van der Waals surface area (Å²) in [5, 5.41) is 9.00. The number of aromatic nitrogens is 3. The summed E-state index contributed by atoms with van der Waals surface area (Å²) in [6, 6.07) is 56.8. The van der Waals surface area contributed by atoms with E-state index in [2.05, 4.69) is 127 Å². The molecule has 4 nitrogen and oxygen atoms in total. The van der Waals surface area contributed by atoms with Crippen molar-refractivity contribution >= 4 is 54.3 Å². The summed E-state index contributed by atoms with van der Waals surface area (Å²) in [7, 11) is 0. The van der Waals surface area contributed by atoms with Crippen LogP contribution in [0.1, 0.15) is 0 Å². The number of benzene rings is 8. The first-order valence-electron chi connectivity index (χ1n) is 16.5.